The van der Waals surface area contributed by atoms with Crippen molar-refractivity contribution in [1.82, 2.24) is 10.2 Å². The quantitative estimate of drug-likeness (QED) is 0.675. The number of carbonyl (C=O) groups excluding carboxylic acids is 1. The van der Waals surface area contributed by atoms with E-state index in [0.717, 1.165) is 12.0 Å². The van der Waals surface area contributed by atoms with Crippen LogP contribution in [0.1, 0.15) is 42.6 Å². The summed E-state index contributed by atoms with van der Waals surface area (Å²) in [5, 5.41) is 12.0. The lowest BCUT2D eigenvalue weighted by atomic mass is 10.2. The minimum atomic E-state index is -0.297. The van der Waals surface area contributed by atoms with Gasteiger partial charge in [-0.25, -0.2) is 0 Å². The van der Waals surface area contributed by atoms with Gasteiger partial charge in [-0.05, 0) is 49.3 Å². The second-order valence-electron chi connectivity index (χ2n) is 6.44. The van der Waals surface area contributed by atoms with E-state index in [-0.39, 0.29) is 12.0 Å². The largest absolute Gasteiger partial charge is 0.491 e. The van der Waals surface area contributed by atoms with Crippen LogP contribution >= 0.6 is 12.2 Å². The summed E-state index contributed by atoms with van der Waals surface area (Å²) in [7, 11) is 0. The number of nitrogens with one attached hydrogen (secondary N) is 1. The maximum atomic E-state index is 12.6. The van der Waals surface area contributed by atoms with Gasteiger partial charge in [-0.15, -0.1) is 0 Å². The smallest absolute Gasteiger partial charge is 0.257 e. The Labute approximate surface area is 171 Å². The fourth-order valence-corrected chi connectivity index (χ4v) is 2.76. The second kappa shape index (κ2) is 11.1. The SMILES string of the molecule is CCC(C)Oc1cccc(C(=O)NC(=S)N(CCC#N)Cc2ccccc2)c1. The van der Waals surface area contributed by atoms with Gasteiger partial charge in [-0.2, -0.15) is 5.26 Å². The molecule has 1 unspecified atom stereocenters. The number of hydrogen-bond donors (Lipinski definition) is 1. The van der Waals surface area contributed by atoms with Gasteiger partial charge in [0.05, 0.1) is 18.6 Å². The van der Waals surface area contributed by atoms with Gasteiger partial charge >= 0.3 is 0 Å². The molecule has 146 valence electrons. The summed E-state index contributed by atoms with van der Waals surface area (Å²) in [4.78, 5) is 14.5. The van der Waals surface area contributed by atoms with E-state index >= 15 is 0 Å². The maximum absolute atomic E-state index is 12.6. The molecule has 0 heterocycles. The summed E-state index contributed by atoms with van der Waals surface area (Å²) in [6, 6.07) is 19.0. The molecule has 5 nitrogen and oxygen atoms in total. The number of amides is 1. The van der Waals surface area contributed by atoms with E-state index < -0.39 is 0 Å². The van der Waals surface area contributed by atoms with Crippen LogP contribution in [0, 0.1) is 11.3 Å². The van der Waals surface area contributed by atoms with Gasteiger partial charge in [-0.3, -0.25) is 10.1 Å². The summed E-state index contributed by atoms with van der Waals surface area (Å²) >= 11 is 5.44. The molecule has 0 aliphatic carbocycles. The molecule has 0 radical (unpaired) electrons. The Morgan fingerprint density at radius 3 is 2.68 bits per heavy atom. The first kappa shape index (κ1) is 21.4. The van der Waals surface area contributed by atoms with Crippen molar-refractivity contribution < 1.29 is 9.53 Å². The summed E-state index contributed by atoms with van der Waals surface area (Å²) in [5.74, 6) is 0.355. The van der Waals surface area contributed by atoms with E-state index in [1.54, 1.807) is 18.2 Å². The average molecular weight is 396 g/mol. The predicted molar refractivity (Wildman–Crippen MR) is 114 cm³/mol. The number of ether oxygens (including phenoxy) is 1. The van der Waals surface area contributed by atoms with Crippen LogP contribution in [0.25, 0.3) is 0 Å². The Kier molecular flexibility index (Phi) is 8.44. The fourth-order valence-electron chi connectivity index (χ4n) is 2.52. The third-order valence-corrected chi connectivity index (χ3v) is 4.59. The van der Waals surface area contributed by atoms with Crippen LogP contribution in [-0.2, 0) is 6.54 Å². The molecular weight excluding hydrogens is 370 g/mol. The lowest BCUT2D eigenvalue weighted by Gasteiger charge is -2.24. The zero-order chi connectivity index (χ0) is 20.4. The van der Waals surface area contributed by atoms with Crippen molar-refractivity contribution in [2.45, 2.75) is 39.3 Å². The monoisotopic (exact) mass is 395 g/mol. The first-order valence-electron chi connectivity index (χ1n) is 9.31. The fraction of sp³-hybridized carbons (Fsp3) is 0.318. The van der Waals surface area contributed by atoms with Gasteiger partial charge in [0, 0.05) is 18.7 Å². The highest BCUT2D eigenvalue weighted by Gasteiger charge is 2.15. The molecule has 0 saturated carbocycles. The van der Waals surface area contributed by atoms with Crippen molar-refractivity contribution in [3.63, 3.8) is 0 Å². The Balaban J connectivity index is 2.06. The zero-order valence-corrected chi connectivity index (χ0v) is 17.0. The van der Waals surface area contributed by atoms with E-state index in [1.165, 1.54) is 0 Å². The van der Waals surface area contributed by atoms with Crippen LogP contribution in [0.15, 0.2) is 54.6 Å². The minimum absolute atomic E-state index is 0.0757. The molecule has 0 aromatic heterocycles. The number of carbonyl (C=O) groups is 1. The molecule has 2 rings (SSSR count). The van der Waals surface area contributed by atoms with E-state index in [1.807, 2.05) is 55.1 Å². The molecule has 6 heteroatoms. The van der Waals surface area contributed by atoms with Crippen molar-refractivity contribution >= 4 is 23.2 Å². The minimum Gasteiger partial charge on any atom is -0.491 e. The van der Waals surface area contributed by atoms with E-state index in [9.17, 15) is 4.79 Å². The summed E-state index contributed by atoms with van der Waals surface area (Å²) in [5.41, 5.74) is 1.53. The van der Waals surface area contributed by atoms with E-state index in [4.69, 9.17) is 22.2 Å². The molecule has 0 saturated heterocycles. The second-order valence-corrected chi connectivity index (χ2v) is 6.83. The maximum Gasteiger partial charge on any atom is 0.257 e. The standard InChI is InChI=1S/C22H25N3O2S/c1-3-17(2)27-20-12-7-11-19(15-20)21(26)24-22(28)25(14-8-13-23)16-18-9-5-4-6-10-18/h4-7,9-12,15,17H,3,8,14,16H2,1-2H3,(H,24,26,28). The van der Waals surface area contributed by atoms with Gasteiger partial charge in [0.25, 0.3) is 5.91 Å². The lowest BCUT2D eigenvalue weighted by Crippen LogP contribution is -2.42. The average Bonchev–Trinajstić information content (AvgIpc) is 2.71. The molecular formula is C22H25N3O2S. The Bertz CT molecular complexity index is 833. The molecule has 1 atom stereocenters. The van der Waals surface area contributed by atoms with E-state index in [0.29, 0.717) is 35.9 Å². The first-order valence-corrected chi connectivity index (χ1v) is 9.72. The van der Waals surface area contributed by atoms with Gasteiger partial charge in [-0.1, -0.05) is 43.3 Å². The lowest BCUT2D eigenvalue weighted by molar-refractivity contribution is 0.0972. The van der Waals surface area contributed by atoms with Crippen LogP contribution in [0.2, 0.25) is 0 Å². The Hall–Kier alpha value is -2.91. The third-order valence-electron chi connectivity index (χ3n) is 4.23. The molecule has 1 amide bonds. The number of rotatable bonds is 8. The third kappa shape index (κ3) is 6.67. The summed E-state index contributed by atoms with van der Waals surface area (Å²) < 4.78 is 5.78. The van der Waals surface area contributed by atoms with Crippen LogP contribution in [-0.4, -0.2) is 28.6 Å². The number of nitrogens with zero attached hydrogens (tertiary/aromatic N) is 2. The number of hydrogen-bond acceptors (Lipinski definition) is 4. The summed E-state index contributed by atoms with van der Waals surface area (Å²) in [6.07, 6.45) is 1.28. The van der Waals surface area contributed by atoms with Gasteiger partial charge in [0.15, 0.2) is 5.11 Å². The van der Waals surface area contributed by atoms with Crippen LogP contribution in [0.3, 0.4) is 0 Å². The molecule has 0 aliphatic rings. The highest BCUT2D eigenvalue weighted by Crippen LogP contribution is 2.16. The van der Waals surface area contributed by atoms with Crippen LogP contribution < -0.4 is 10.1 Å². The van der Waals surface area contributed by atoms with Gasteiger partial charge in [0.2, 0.25) is 0 Å². The molecule has 28 heavy (non-hydrogen) atoms. The molecule has 0 spiro atoms. The number of thiocarbonyl (C=S) groups is 1. The molecule has 0 aliphatic heterocycles. The zero-order valence-electron chi connectivity index (χ0n) is 16.2. The number of benzene rings is 2. The van der Waals surface area contributed by atoms with Crippen LogP contribution in [0.5, 0.6) is 5.75 Å². The van der Waals surface area contributed by atoms with Gasteiger partial charge < -0.3 is 9.64 Å². The first-order chi connectivity index (χ1) is 13.5. The molecule has 0 bridgehead atoms. The topological polar surface area (TPSA) is 65.4 Å². The molecule has 2 aromatic rings. The van der Waals surface area contributed by atoms with Crippen molar-refractivity contribution in [2.75, 3.05) is 6.54 Å². The van der Waals surface area contributed by atoms with E-state index in [2.05, 4.69) is 11.4 Å². The Morgan fingerprint density at radius 2 is 2.00 bits per heavy atom. The van der Waals surface area contributed by atoms with Crippen LogP contribution in [0.4, 0.5) is 0 Å². The summed E-state index contributed by atoms with van der Waals surface area (Å²) in [6.45, 7) is 5.00. The highest BCUT2D eigenvalue weighted by atomic mass is 32.1. The van der Waals surface area contributed by atoms with Crippen molar-refractivity contribution in [3.05, 3.63) is 65.7 Å². The molecule has 1 N–H and O–H groups in total. The Morgan fingerprint density at radius 1 is 1.25 bits per heavy atom. The molecule has 2 aromatic carbocycles. The van der Waals surface area contributed by atoms with Crippen molar-refractivity contribution in [3.8, 4) is 11.8 Å². The van der Waals surface area contributed by atoms with Gasteiger partial charge in [0.1, 0.15) is 5.75 Å². The van der Waals surface area contributed by atoms with Crippen molar-refractivity contribution in [1.29, 1.82) is 5.26 Å². The normalized spacial score (nSPS) is 11.2. The molecule has 0 fully saturated rings. The predicted octanol–water partition coefficient (Wildman–Crippen LogP) is 4.29. The number of nitriles is 1. The van der Waals surface area contributed by atoms with Crippen molar-refractivity contribution in [2.24, 2.45) is 0 Å². The highest BCUT2D eigenvalue weighted by molar-refractivity contribution is 7.80.